The molecule has 2 aromatic heterocycles. The predicted molar refractivity (Wildman–Crippen MR) is 127 cm³/mol. The summed E-state index contributed by atoms with van der Waals surface area (Å²) in [7, 11) is 0. The normalized spacial score (nSPS) is 16.7. The first-order chi connectivity index (χ1) is 15.2. The predicted octanol–water partition coefficient (Wildman–Crippen LogP) is 5.62. The third-order valence-corrected chi connectivity index (χ3v) is 8.15. The Balaban J connectivity index is 1.82. The van der Waals surface area contributed by atoms with Crippen molar-refractivity contribution in [2.45, 2.75) is 88.8 Å². The zero-order chi connectivity index (χ0) is 21.4. The molecule has 0 radical (unpaired) electrons. The van der Waals surface area contributed by atoms with Crippen LogP contribution in [-0.4, -0.2) is 24.9 Å². The van der Waals surface area contributed by atoms with E-state index in [0.29, 0.717) is 5.78 Å². The van der Waals surface area contributed by atoms with Gasteiger partial charge in [0.05, 0.1) is 5.69 Å². The van der Waals surface area contributed by atoms with Gasteiger partial charge in [-0.2, -0.15) is 0 Å². The third kappa shape index (κ3) is 3.34. The van der Waals surface area contributed by atoms with E-state index in [1.807, 2.05) is 4.40 Å². The van der Waals surface area contributed by atoms with Gasteiger partial charge in [-0.1, -0.05) is 75.6 Å². The molecule has 0 amide bonds. The van der Waals surface area contributed by atoms with Crippen LogP contribution in [0, 0.1) is 0 Å². The number of aryl methyl sites for hydroxylation is 1. The Morgan fingerprint density at radius 1 is 1.06 bits per heavy atom. The van der Waals surface area contributed by atoms with E-state index in [0.717, 1.165) is 73.7 Å². The molecule has 6 heteroatoms. The van der Waals surface area contributed by atoms with Gasteiger partial charge in [0.2, 0.25) is 5.78 Å². The second kappa shape index (κ2) is 8.45. The summed E-state index contributed by atoms with van der Waals surface area (Å²) in [6.45, 7) is 5.27. The highest BCUT2D eigenvalue weighted by Crippen LogP contribution is 2.50. The standard InChI is InChI=1S/C25H32N4OS/c1-3-5-15-28-21-19-12-8-7-11-18(19)17-25(13-9-10-14-25)20(21)22(30)29-23(28)26-27-24(29)31-16-6-4-2/h7-8,11-12H,3-6,9-10,13-17H2,1-2H3. The Morgan fingerprint density at radius 3 is 2.61 bits per heavy atom. The maximum absolute atomic E-state index is 14.1. The van der Waals surface area contributed by atoms with Crippen molar-refractivity contribution in [1.82, 2.24) is 19.2 Å². The Morgan fingerprint density at radius 2 is 1.84 bits per heavy atom. The van der Waals surface area contributed by atoms with Crippen molar-refractivity contribution in [1.29, 1.82) is 0 Å². The Hall–Kier alpha value is -2.08. The van der Waals surface area contributed by atoms with Gasteiger partial charge in [0, 0.05) is 28.8 Å². The van der Waals surface area contributed by atoms with E-state index in [4.69, 9.17) is 0 Å². The number of hydrogen-bond donors (Lipinski definition) is 0. The maximum Gasteiger partial charge on any atom is 0.265 e. The van der Waals surface area contributed by atoms with Crippen LogP contribution in [0.1, 0.15) is 76.3 Å². The summed E-state index contributed by atoms with van der Waals surface area (Å²) in [5, 5.41) is 9.81. The second-order valence-corrected chi connectivity index (χ2v) is 10.2. The molecule has 2 heterocycles. The highest BCUT2D eigenvalue weighted by Gasteiger charge is 2.45. The van der Waals surface area contributed by atoms with Crippen molar-refractivity contribution in [3.63, 3.8) is 0 Å². The fourth-order valence-corrected chi connectivity index (χ4v) is 6.60. The van der Waals surface area contributed by atoms with Crippen molar-refractivity contribution < 1.29 is 0 Å². The fourth-order valence-electron chi connectivity index (χ4n) is 5.59. The van der Waals surface area contributed by atoms with E-state index in [-0.39, 0.29) is 11.0 Å². The zero-order valence-electron chi connectivity index (χ0n) is 18.7. The number of hydrogen-bond acceptors (Lipinski definition) is 4. The summed E-state index contributed by atoms with van der Waals surface area (Å²) >= 11 is 1.67. The molecule has 0 aliphatic heterocycles. The minimum Gasteiger partial charge on any atom is -0.309 e. The molecule has 5 rings (SSSR count). The lowest BCUT2D eigenvalue weighted by Gasteiger charge is -2.37. The Kier molecular flexibility index (Phi) is 5.67. The summed E-state index contributed by atoms with van der Waals surface area (Å²) in [6.07, 6.45) is 10.0. The number of aromatic nitrogens is 4. The molecule has 0 bridgehead atoms. The molecule has 3 aromatic rings. The molecule has 0 N–H and O–H groups in total. The zero-order valence-corrected chi connectivity index (χ0v) is 19.5. The lowest BCUT2D eigenvalue weighted by molar-refractivity contribution is 0.420. The van der Waals surface area contributed by atoms with Crippen molar-refractivity contribution >= 4 is 17.5 Å². The molecule has 0 saturated heterocycles. The topological polar surface area (TPSA) is 52.2 Å². The van der Waals surface area contributed by atoms with Crippen LogP contribution in [0.4, 0.5) is 0 Å². The van der Waals surface area contributed by atoms with Crippen LogP contribution in [0.2, 0.25) is 0 Å². The molecule has 0 unspecified atom stereocenters. The molecule has 0 atom stereocenters. The molecular formula is C25H32N4OS. The highest BCUT2D eigenvalue weighted by atomic mass is 32.2. The molecular weight excluding hydrogens is 404 g/mol. The van der Waals surface area contributed by atoms with Crippen LogP contribution in [0.3, 0.4) is 0 Å². The summed E-state index contributed by atoms with van der Waals surface area (Å²) in [4.78, 5) is 14.1. The quantitative estimate of drug-likeness (QED) is 0.356. The molecule has 1 fully saturated rings. The van der Waals surface area contributed by atoms with Gasteiger partial charge in [0.25, 0.3) is 5.56 Å². The number of thioether (sulfide) groups is 1. The largest absolute Gasteiger partial charge is 0.309 e. The number of rotatable bonds is 7. The summed E-state index contributed by atoms with van der Waals surface area (Å²) in [6, 6.07) is 8.69. The number of fused-ring (bicyclic) bond motifs is 5. The molecule has 1 spiro atoms. The lowest BCUT2D eigenvalue weighted by Crippen LogP contribution is -2.40. The van der Waals surface area contributed by atoms with Crippen molar-refractivity contribution in [3.8, 4) is 11.3 Å². The molecule has 164 valence electrons. The first-order valence-corrected chi connectivity index (χ1v) is 12.9. The minimum absolute atomic E-state index is 0.0431. The van der Waals surface area contributed by atoms with E-state index >= 15 is 0 Å². The number of benzene rings is 1. The SMILES string of the molecule is CCCCSc1nnc2n(CCCC)c3c(c(=O)n12)C1(CCCC1)Cc1ccccc1-3. The molecule has 31 heavy (non-hydrogen) atoms. The van der Waals surface area contributed by atoms with Gasteiger partial charge < -0.3 is 4.57 Å². The molecule has 2 aliphatic carbocycles. The van der Waals surface area contributed by atoms with E-state index < -0.39 is 0 Å². The van der Waals surface area contributed by atoms with E-state index in [1.54, 1.807) is 11.8 Å². The van der Waals surface area contributed by atoms with Gasteiger partial charge in [0.1, 0.15) is 0 Å². The Bertz CT molecular complexity index is 1160. The summed E-state index contributed by atoms with van der Waals surface area (Å²) in [5.74, 6) is 1.68. The Labute approximate surface area is 188 Å². The molecule has 5 nitrogen and oxygen atoms in total. The second-order valence-electron chi connectivity index (χ2n) is 9.18. The average molecular weight is 437 g/mol. The third-order valence-electron chi connectivity index (χ3n) is 7.14. The monoisotopic (exact) mass is 436 g/mol. The lowest BCUT2D eigenvalue weighted by atomic mass is 9.68. The van der Waals surface area contributed by atoms with E-state index in [9.17, 15) is 4.79 Å². The average Bonchev–Trinajstić information content (AvgIpc) is 3.41. The fraction of sp³-hybridized carbons (Fsp3) is 0.560. The van der Waals surface area contributed by atoms with Gasteiger partial charge in [-0.05, 0) is 37.7 Å². The molecule has 2 aliphatic rings. The van der Waals surface area contributed by atoms with Crippen LogP contribution in [0.15, 0.2) is 34.2 Å². The summed E-state index contributed by atoms with van der Waals surface area (Å²) in [5.41, 5.74) is 4.82. The van der Waals surface area contributed by atoms with Crippen LogP contribution in [0.25, 0.3) is 17.0 Å². The minimum atomic E-state index is -0.0431. The van der Waals surface area contributed by atoms with Gasteiger partial charge in [-0.15, -0.1) is 10.2 Å². The first kappa shape index (κ1) is 20.8. The highest BCUT2D eigenvalue weighted by molar-refractivity contribution is 7.99. The van der Waals surface area contributed by atoms with Crippen LogP contribution < -0.4 is 5.56 Å². The van der Waals surface area contributed by atoms with Gasteiger partial charge in [-0.25, -0.2) is 4.40 Å². The molecule has 1 saturated carbocycles. The van der Waals surface area contributed by atoms with Crippen LogP contribution in [0.5, 0.6) is 0 Å². The smallest absolute Gasteiger partial charge is 0.265 e. The van der Waals surface area contributed by atoms with Crippen molar-refractivity contribution in [2.75, 3.05) is 5.75 Å². The number of unbranched alkanes of at least 4 members (excludes halogenated alkanes) is 2. The van der Waals surface area contributed by atoms with Crippen molar-refractivity contribution in [2.24, 2.45) is 0 Å². The van der Waals surface area contributed by atoms with Gasteiger partial charge in [0.15, 0.2) is 5.16 Å². The summed E-state index contributed by atoms with van der Waals surface area (Å²) < 4.78 is 4.15. The van der Waals surface area contributed by atoms with E-state index in [2.05, 4.69) is 52.9 Å². The molecule has 1 aromatic carbocycles. The van der Waals surface area contributed by atoms with Crippen LogP contribution in [-0.2, 0) is 18.4 Å². The van der Waals surface area contributed by atoms with Crippen LogP contribution >= 0.6 is 11.8 Å². The number of nitrogens with zero attached hydrogens (tertiary/aromatic N) is 4. The van der Waals surface area contributed by atoms with E-state index in [1.165, 1.54) is 24.0 Å². The van der Waals surface area contributed by atoms with Gasteiger partial charge in [-0.3, -0.25) is 4.79 Å². The van der Waals surface area contributed by atoms with Gasteiger partial charge >= 0.3 is 0 Å². The van der Waals surface area contributed by atoms with Crippen molar-refractivity contribution in [3.05, 3.63) is 45.7 Å². The maximum atomic E-state index is 14.1. The first-order valence-electron chi connectivity index (χ1n) is 11.9.